The van der Waals surface area contributed by atoms with Gasteiger partial charge in [0.05, 0.1) is 6.61 Å². The minimum absolute atomic E-state index is 0.182. The largest absolute Gasteiger partial charge is 0.494 e. The van der Waals surface area contributed by atoms with Crippen molar-refractivity contribution < 1.29 is 8.95 Å². The third kappa shape index (κ3) is 7.21. The second-order valence-corrected chi connectivity index (χ2v) is 9.62. The Morgan fingerprint density at radius 2 is 1.78 bits per heavy atom. The molecule has 0 radical (unpaired) electrons. The van der Waals surface area contributed by atoms with Crippen LogP contribution in [0.5, 0.6) is 5.75 Å². The van der Waals surface area contributed by atoms with Crippen molar-refractivity contribution in [3.63, 3.8) is 0 Å². The van der Waals surface area contributed by atoms with Gasteiger partial charge in [-0.2, -0.15) is 0 Å². The smallest absolute Gasteiger partial charge is 0.191 e. The maximum Gasteiger partial charge on any atom is 0.191 e. The fourth-order valence-corrected chi connectivity index (χ4v) is 3.41. The van der Waals surface area contributed by atoms with Crippen molar-refractivity contribution in [1.29, 1.82) is 0 Å². The first-order valence-corrected chi connectivity index (χ1v) is 10.7. The second-order valence-electron chi connectivity index (χ2n) is 7.30. The van der Waals surface area contributed by atoms with Crippen LogP contribution in [0, 0.1) is 0 Å². The molecule has 0 bridgehead atoms. The molecule has 1 atom stereocenters. The molecule has 0 heterocycles. The maximum atomic E-state index is 12.0. The molecule has 148 valence electrons. The van der Waals surface area contributed by atoms with E-state index in [0.717, 1.165) is 24.7 Å². The normalized spacial score (nSPS) is 13.4. The zero-order valence-corrected chi connectivity index (χ0v) is 17.6. The lowest BCUT2D eigenvalue weighted by Gasteiger charge is -2.18. The third-order valence-corrected chi connectivity index (χ3v) is 6.03. The summed E-state index contributed by atoms with van der Waals surface area (Å²) >= 11 is 0. The minimum atomic E-state index is -0.861. The van der Waals surface area contributed by atoms with Gasteiger partial charge >= 0.3 is 0 Å². The number of benzene rings is 2. The molecule has 0 aliphatic heterocycles. The van der Waals surface area contributed by atoms with Crippen LogP contribution < -0.4 is 15.4 Å². The predicted molar refractivity (Wildman–Crippen MR) is 116 cm³/mol. The van der Waals surface area contributed by atoms with E-state index < -0.39 is 10.8 Å². The van der Waals surface area contributed by atoms with E-state index in [1.807, 2.05) is 39.0 Å². The van der Waals surface area contributed by atoms with Crippen molar-refractivity contribution in [1.82, 2.24) is 10.6 Å². The van der Waals surface area contributed by atoms with Crippen molar-refractivity contribution in [3.05, 3.63) is 42.5 Å². The molecular formula is C21H31N3O2S. The van der Waals surface area contributed by atoms with Gasteiger partial charge in [0.1, 0.15) is 5.75 Å². The minimum Gasteiger partial charge on any atom is -0.494 e. The average Bonchev–Trinajstić information content (AvgIpc) is 2.65. The molecule has 0 spiro atoms. The summed E-state index contributed by atoms with van der Waals surface area (Å²) in [4.78, 5) is 4.19. The summed E-state index contributed by atoms with van der Waals surface area (Å²) in [5.74, 6) is 2.22. The summed E-state index contributed by atoms with van der Waals surface area (Å²) in [5, 5.41) is 8.87. The van der Waals surface area contributed by atoms with E-state index in [9.17, 15) is 4.21 Å². The van der Waals surface area contributed by atoms with Crippen molar-refractivity contribution in [2.24, 2.45) is 4.99 Å². The number of hydrogen-bond donors (Lipinski definition) is 2. The molecule has 2 aromatic rings. The van der Waals surface area contributed by atoms with E-state index in [1.54, 1.807) is 7.05 Å². The third-order valence-electron chi connectivity index (χ3n) is 4.09. The Labute approximate surface area is 165 Å². The molecule has 0 aromatic heterocycles. The van der Waals surface area contributed by atoms with Gasteiger partial charge < -0.3 is 15.4 Å². The van der Waals surface area contributed by atoms with Crippen LogP contribution in [0.25, 0.3) is 10.8 Å². The van der Waals surface area contributed by atoms with Crippen LogP contribution >= 0.6 is 0 Å². The van der Waals surface area contributed by atoms with Crippen LogP contribution in [0.15, 0.2) is 47.5 Å². The van der Waals surface area contributed by atoms with E-state index in [4.69, 9.17) is 4.74 Å². The van der Waals surface area contributed by atoms with Gasteiger partial charge in [-0.15, -0.1) is 0 Å². The molecule has 2 aromatic carbocycles. The van der Waals surface area contributed by atoms with E-state index in [-0.39, 0.29) is 4.75 Å². The van der Waals surface area contributed by atoms with Crippen LogP contribution in [0.2, 0.25) is 0 Å². The molecule has 5 nitrogen and oxygen atoms in total. The Hall–Kier alpha value is -2.08. The van der Waals surface area contributed by atoms with Crippen LogP contribution in [0.1, 0.15) is 27.2 Å². The van der Waals surface area contributed by atoms with Gasteiger partial charge in [0.15, 0.2) is 5.96 Å². The van der Waals surface area contributed by atoms with Crippen LogP contribution in [-0.4, -0.2) is 47.4 Å². The first-order valence-electron chi connectivity index (χ1n) is 9.35. The van der Waals surface area contributed by atoms with Gasteiger partial charge in [0.2, 0.25) is 0 Å². The summed E-state index contributed by atoms with van der Waals surface area (Å²) in [6.07, 6.45) is 0.863. The first kappa shape index (κ1) is 21.2. The Morgan fingerprint density at radius 3 is 2.48 bits per heavy atom. The molecule has 0 amide bonds. The number of ether oxygens (including phenoxy) is 1. The van der Waals surface area contributed by atoms with E-state index in [0.29, 0.717) is 18.9 Å². The highest BCUT2D eigenvalue weighted by atomic mass is 32.2. The first-order chi connectivity index (χ1) is 12.9. The number of guanidine groups is 1. The second kappa shape index (κ2) is 10.3. The van der Waals surface area contributed by atoms with Gasteiger partial charge in [-0.25, -0.2) is 0 Å². The lowest BCUT2D eigenvalue weighted by molar-refractivity contribution is 0.311. The number of rotatable bonds is 8. The summed E-state index contributed by atoms with van der Waals surface area (Å²) < 4.78 is 17.7. The van der Waals surface area contributed by atoms with E-state index >= 15 is 0 Å². The van der Waals surface area contributed by atoms with Gasteiger partial charge in [0.25, 0.3) is 0 Å². The molecule has 6 heteroatoms. The lowest BCUT2D eigenvalue weighted by Crippen LogP contribution is -2.41. The Bertz CT molecular complexity index is 784. The SMILES string of the molecule is CN=C(NCCCOc1ccc2ccccc2c1)NCCS(=O)C(C)(C)C. The fraction of sp³-hybridized carbons (Fsp3) is 0.476. The summed E-state index contributed by atoms with van der Waals surface area (Å²) in [6, 6.07) is 14.4. The average molecular weight is 390 g/mol. The molecular weight excluding hydrogens is 358 g/mol. The fourth-order valence-electron chi connectivity index (χ4n) is 2.52. The molecule has 2 rings (SSSR count). The molecule has 27 heavy (non-hydrogen) atoms. The molecule has 0 aliphatic carbocycles. The van der Waals surface area contributed by atoms with Gasteiger partial charge in [0, 0.05) is 41.4 Å². The quantitative estimate of drug-likeness (QED) is 0.413. The van der Waals surface area contributed by atoms with Crippen molar-refractivity contribution in [2.75, 3.05) is 32.5 Å². The summed E-state index contributed by atoms with van der Waals surface area (Å²) in [6.45, 7) is 8.01. The molecule has 0 saturated carbocycles. The predicted octanol–water partition coefficient (Wildman–Crippen LogP) is 3.32. The molecule has 1 unspecified atom stereocenters. The number of aliphatic imine (C=N–C) groups is 1. The van der Waals surface area contributed by atoms with Crippen LogP contribution in [0.3, 0.4) is 0 Å². The molecule has 0 fully saturated rings. The van der Waals surface area contributed by atoms with Crippen LogP contribution in [-0.2, 0) is 10.8 Å². The van der Waals surface area contributed by atoms with Crippen LogP contribution in [0.4, 0.5) is 0 Å². The Balaban J connectivity index is 1.65. The highest BCUT2D eigenvalue weighted by Gasteiger charge is 2.18. The van der Waals surface area contributed by atoms with Gasteiger partial charge in [-0.3, -0.25) is 9.20 Å². The lowest BCUT2D eigenvalue weighted by atomic mass is 10.1. The monoisotopic (exact) mass is 389 g/mol. The van der Waals surface area contributed by atoms with E-state index in [1.165, 1.54) is 10.8 Å². The number of fused-ring (bicyclic) bond motifs is 1. The number of nitrogens with zero attached hydrogens (tertiary/aromatic N) is 1. The van der Waals surface area contributed by atoms with Gasteiger partial charge in [-0.1, -0.05) is 30.3 Å². The molecule has 0 aliphatic rings. The topological polar surface area (TPSA) is 62.7 Å². The highest BCUT2D eigenvalue weighted by molar-refractivity contribution is 7.86. The molecule has 0 saturated heterocycles. The number of hydrogen-bond acceptors (Lipinski definition) is 3. The van der Waals surface area contributed by atoms with Gasteiger partial charge in [-0.05, 0) is 50.1 Å². The van der Waals surface area contributed by atoms with Crippen molar-refractivity contribution >= 4 is 27.5 Å². The molecule has 2 N–H and O–H groups in total. The standard InChI is InChI=1S/C21H31N3O2S/c1-21(2,3)27(25)15-13-24-20(22-4)23-12-7-14-26-19-11-10-17-8-5-6-9-18(17)16-19/h5-6,8-11,16H,7,12-15H2,1-4H3,(H2,22,23,24). The zero-order chi connectivity index (χ0) is 19.7. The zero-order valence-electron chi connectivity index (χ0n) is 16.7. The van der Waals surface area contributed by atoms with Crippen molar-refractivity contribution in [2.45, 2.75) is 31.9 Å². The van der Waals surface area contributed by atoms with Crippen molar-refractivity contribution in [3.8, 4) is 5.75 Å². The van der Waals surface area contributed by atoms with E-state index in [2.05, 4.69) is 39.9 Å². The highest BCUT2D eigenvalue weighted by Crippen LogP contribution is 2.20. The Morgan fingerprint density at radius 1 is 1.07 bits per heavy atom. The number of nitrogens with one attached hydrogen (secondary N) is 2. The Kier molecular flexibility index (Phi) is 8.10. The maximum absolute atomic E-state index is 12.0. The summed E-state index contributed by atoms with van der Waals surface area (Å²) in [5.41, 5.74) is 0. The summed E-state index contributed by atoms with van der Waals surface area (Å²) in [7, 11) is 0.876.